The van der Waals surface area contributed by atoms with E-state index in [1.165, 1.54) is 19.1 Å². The zero-order valence-electron chi connectivity index (χ0n) is 21.5. The van der Waals surface area contributed by atoms with Crippen molar-refractivity contribution in [1.82, 2.24) is 9.69 Å². The molecule has 2 aromatic heterocycles. The number of ether oxygens (including phenoxy) is 2. The number of rotatable bonds is 9. The van der Waals surface area contributed by atoms with Gasteiger partial charge in [0.1, 0.15) is 27.9 Å². The lowest BCUT2D eigenvalue weighted by Gasteiger charge is -2.32. The van der Waals surface area contributed by atoms with Crippen LogP contribution in [-0.2, 0) is 4.79 Å². The molecule has 38 heavy (non-hydrogen) atoms. The number of nitrogens with zero attached hydrogens (tertiary/aromatic N) is 2. The van der Waals surface area contributed by atoms with E-state index in [-0.39, 0.29) is 33.7 Å². The quantitative estimate of drug-likeness (QED) is 0.370. The van der Waals surface area contributed by atoms with E-state index in [2.05, 4.69) is 9.69 Å². The first-order valence-electron chi connectivity index (χ1n) is 12.2. The van der Waals surface area contributed by atoms with Gasteiger partial charge < -0.3 is 30.7 Å². The van der Waals surface area contributed by atoms with Crippen LogP contribution in [0.2, 0.25) is 0 Å². The molecule has 202 valence electrons. The van der Waals surface area contributed by atoms with Crippen LogP contribution in [0.4, 0.5) is 11.4 Å². The highest BCUT2D eigenvalue weighted by molar-refractivity contribution is 7.09. The third-order valence-corrected chi connectivity index (χ3v) is 7.33. The SMILES string of the molecule is COc1cc(OC)cc(N(C(=O)c2snc(C(N)=O)c2N)[C@H](C(=O)NC2CCCCC2)c2ccc(C)o2)c1. The summed E-state index contributed by atoms with van der Waals surface area (Å²) in [6.07, 6.45) is 4.84. The molecule has 0 spiro atoms. The van der Waals surface area contributed by atoms with Gasteiger partial charge in [-0.3, -0.25) is 19.3 Å². The third-order valence-electron chi connectivity index (χ3n) is 6.48. The average Bonchev–Trinajstić information content (AvgIpc) is 3.52. The van der Waals surface area contributed by atoms with Gasteiger partial charge in [0.15, 0.2) is 11.7 Å². The number of carbonyl (C=O) groups excluding carboxylic acids is 3. The fourth-order valence-corrected chi connectivity index (χ4v) is 5.30. The zero-order chi connectivity index (χ0) is 27.4. The molecule has 0 radical (unpaired) electrons. The van der Waals surface area contributed by atoms with Gasteiger partial charge in [0.05, 0.1) is 25.6 Å². The van der Waals surface area contributed by atoms with Crippen LogP contribution >= 0.6 is 11.5 Å². The molecule has 1 aliphatic rings. The Morgan fingerprint density at radius 3 is 2.29 bits per heavy atom. The molecule has 12 heteroatoms. The topological polar surface area (TPSA) is 163 Å². The Labute approximate surface area is 224 Å². The maximum atomic E-state index is 14.2. The molecule has 2 heterocycles. The minimum Gasteiger partial charge on any atom is -0.497 e. The number of nitrogens with two attached hydrogens (primary N) is 2. The summed E-state index contributed by atoms with van der Waals surface area (Å²) in [6, 6.07) is 6.98. The zero-order valence-corrected chi connectivity index (χ0v) is 22.3. The molecular formula is C26H31N5O6S. The Hall–Kier alpha value is -4.06. The molecule has 11 nitrogen and oxygen atoms in total. The molecule has 0 aliphatic heterocycles. The Morgan fingerprint density at radius 1 is 1.11 bits per heavy atom. The van der Waals surface area contributed by atoms with Crippen LogP contribution in [0.1, 0.15) is 69.8 Å². The van der Waals surface area contributed by atoms with Gasteiger partial charge in [-0.25, -0.2) is 0 Å². The van der Waals surface area contributed by atoms with Gasteiger partial charge in [-0.2, -0.15) is 4.37 Å². The highest BCUT2D eigenvalue weighted by Crippen LogP contribution is 2.37. The lowest BCUT2D eigenvalue weighted by Crippen LogP contribution is -2.47. The Balaban J connectivity index is 1.88. The van der Waals surface area contributed by atoms with Crippen molar-refractivity contribution in [2.75, 3.05) is 24.9 Å². The molecule has 3 aromatic rings. The number of primary amides is 1. The normalized spacial score (nSPS) is 14.5. The fourth-order valence-electron chi connectivity index (χ4n) is 4.55. The minimum absolute atomic E-state index is 0.0263. The van der Waals surface area contributed by atoms with E-state index in [0.717, 1.165) is 43.6 Å². The van der Waals surface area contributed by atoms with Gasteiger partial charge in [-0.05, 0) is 43.4 Å². The number of hydrogen-bond acceptors (Lipinski definition) is 9. The van der Waals surface area contributed by atoms with E-state index in [1.54, 1.807) is 37.3 Å². The van der Waals surface area contributed by atoms with Crippen LogP contribution < -0.4 is 31.2 Å². The molecule has 3 amide bonds. The van der Waals surface area contributed by atoms with Crippen LogP contribution in [0.5, 0.6) is 11.5 Å². The van der Waals surface area contributed by atoms with Crippen molar-refractivity contribution >= 4 is 40.6 Å². The number of amides is 3. The summed E-state index contributed by atoms with van der Waals surface area (Å²) < 4.78 is 20.7. The molecule has 0 bridgehead atoms. The third kappa shape index (κ3) is 5.59. The maximum Gasteiger partial charge on any atom is 0.273 e. The molecule has 4 rings (SSSR count). The van der Waals surface area contributed by atoms with Crippen LogP contribution in [0.3, 0.4) is 0 Å². The maximum absolute atomic E-state index is 14.2. The fraction of sp³-hybridized carbons (Fsp3) is 0.385. The van der Waals surface area contributed by atoms with Crippen LogP contribution in [0.25, 0.3) is 0 Å². The predicted octanol–water partition coefficient (Wildman–Crippen LogP) is 3.58. The molecule has 5 N–H and O–H groups in total. The highest BCUT2D eigenvalue weighted by atomic mass is 32.1. The monoisotopic (exact) mass is 541 g/mol. The Morgan fingerprint density at radius 2 is 1.76 bits per heavy atom. The average molecular weight is 542 g/mol. The minimum atomic E-state index is -1.21. The number of nitrogen functional groups attached to an aromatic ring is 1. The molecule has 1 aromatic carbocycles. The molecular weight excluding hydrogens is 510 g/mol. The second kappa shape index (κ2) is 11.5. The lowest BCUT2D eigenvalue weighted by molar-refractivity contribution is -0.123. The van der Waals surface area contributed by atoms with Crippen molar-refractivity contribution in [3.8, 4) is 11.5 Å². The Kier molecular flexibility index (Phi) is 8.20. The van der Waals surface area contributed by atoms with Crippen molar-refractivity contribution in [3.63, 3.8) is 0 Å². The number of benzene rings is 1. The first kappa shape index (κ1) is 27.0. The predicted molar refractivity (Wildman–Crippen MR) is 143 cm³/mol. The Bertz CT molecular complexity index is 1310. The summed E-state index contributed by atoms with van der Waals surface area (Å²) in [6.45, 7) is 1.75. The van der Waals surface area contributed by atoms with Crippen LogP contribution in [-0.4, -0.2) is 42.4 Å². The molecule has 1 saturated carbocycles. The largest absolute Gasteiger partial charge is 0.497 e. The van der Waals surface area contributed by atoms with Gasteiger partial charge in [0, 0.05) is 24.2 Å². The smallest absolute Gasteiger partial charge is 0.273 e. The number of aryl methyl sites for hydroxylation is 1. The summed E-state index contributed by atoms with van der Waals surface area (Å²) in [5, 5.41) is 3.11. The van der Waals surface area contributed by atoms with E-state index in [4.69, 9.17) is 25.4 Å². The number of methoxy groups -OCH3 is 2. The number of carbonyl (C=O) groups is 3. The van der Waals surface area contributed by atoms with Crippen LogP contribution in [0, 0.1) is 6.92 Å². The van der Waals surface area contributed by atoms with Crippen molar-refractivity contribution in [2.45, 2.75) is 51.1 Å². The summed E-state index contributed by atoms with van der Waals surface area (Å²) >= 11 is 0.729. The van der Waals surface area contributed by atoms with Crippen molar-refractivity contribution < 1.29 is 28.3 Å². The van der Waals surface area contributed by atoms with Gasteiger partial charge in [0.2, 0.25) is 0 Å². The van der Waals surface area contributed by atoms with E-state index < -0.39 is 23.8 Å². The molecule has 1 aliphatic carbocycles. The van der Waals surface area contributed by atoms with E-state index >= 15 is 0 Å². The van der Waals surface area contributed by atoms with Gasteiger partial charge in [-0.15, -0.1) is 0 Å². The van der Waals surface area contributed by atoms with Crippen molar-refractivity contribution in [1.29, 1.82) is 0 Å². The molecule has 1 atom stereocenters. The second-order valence-electron chi connectivity index (χ2n) is 9.08. The standard InChI is InChI=1S/C26H31N5O6S/c1-14-9-10-19(37-14)22(25(33)29-15-7-5-4-6-8-15)31(16-11-17(35-2)13-18(12-16)36-3)26(34)23-20(27)21(24(28)32)30-38-23/h9-13,15,22H,4-8,27H2,1-3H3,(H2,28,32)(H,29,33)/t22-/m0/s1. The van der Waals surface area contributed by atoms with Gasteiger partial charge >= 0.3 is 0 Å². The highest BCUT2D eigenvalue weighted by Gasteiger charge is 2.39. The number of furan rings is 1. The molecule has 0 saturated heterocycles. The summed E-state index contributed by atoms with van der Waals surface area (Å²) in [5.41, 5.74) is 11.4. The molecule has 1 fully saturated rings. The van der Waals surface area contributed by atoms with E-state index in [0.29, 0.717) is 17.3 Å². The van der Waals surface area contributed by atoms with Crippen molar-refractivity contribution in [3.05, 3.63) is 52.4 Å². The first-order chi connectivity index (χ1) is 18.2. The van der Waals surface area contributed by atoms with Crippen molar-refractivity contribution in [2.24, 2.45) is 5.73 Å². The number of anilines is 2. The second-order valence-corrected chi connectivity index (χ2v) is 9.85. The summed E-state index contributed by atoms with van der Waals surface area (Å²) in [4.78, 5) is 41.1. The summed E-state index contributed by atoms with van der Waals surface area (Å²) in [5.74, 6) is -0.326. The van der Waals surface area contributed by atoms with E-state index in [9.17, 15) is 14.4 Å². The number of nitrogens with one attached hydrogen (secondary N) is 1. The first-order valence-corrected chi connectivity index (χ1v) is 13.0. The van der Waals surface area contributed by atoms with Crippen LogP contribution in [0.15, 0.2) is 34.7 Å². The number of hydrogen-bond donors (Lipinski definition) is 3. The van der Waals surface area contributed by atoms with Gasteiger partial charge in [-0.1, -0.05) is 19.3 Å². The number of aromatic nitrogens is 1. The van der Waals surface area contributed by atoms with Gasteiger partial charge in [0.25, 0.3) is 17.7 Å². The van der Waals surface area contributed by atoms with E-state index in [1.807, 2.05) is 0 Å². The lowest BCUT2D eigenvalue weighted by atomic mass is 9.95. The summed E-state index contributed by atoms with van der Waals surface area (Å²) in [7, 11) is 2.96. The molecule has 0 unspecified atom stereocenters.